The van der Waals surface area contributed by atoms with E-state index in [9.17, 15) is 0 Å². The Balaban J connectivity index is 1.30. The summed E-state index contributed by atoms with van der Waals surface area (Å²) in [7, 11) is 0. The van der Waals surface area contributed by atoms with Crippen LogP contribution in [0.1, 0.15) is 0 Å². The highest BCUT2D eigenvalue weighted by Gasteiger charge is 2.71. The van der Waals surface area contributed by atoms with Gasteiger partial charge in [0.15, 0.2) is 0 Å². The standard InChI is InChI=1S/C18H14B2Br2O6/c21-11-5-1-3-9(7-11)19-23-13-16-14(24-19)18-15(25-19)17(13)27-20(26-16,28-18)10-4-2-6-12(22)8-10/h1-8,13-18H/q-2. The molecule has 0 radical (unpaired) electrons. The van der Waals surface area contributed by atoms with Crippen LogP contribution in [0.4, 0.5) is 0 Å². The average Bonchev–Trinajstić information content (AvgIpc) is 2.71. The summed E-state index contributed by atoms with van der Waals surface area (Å²) in [6.07, 6.45) is -1.42. The SMILES string of the molecule is Brc1cccc([B-]23OC4C5O[B-]6(c7cccc(Br)c7)OC4C(O2)C(O6)C5O3)c1. The van der Waals surface area contributed by atoms with Crippen molar-refractivity contribution >= 4 is 56.3 Å². The first kappa shape index (κ1) is 17.0. The maximum Gasteiger partial charge on any atom is 0.410 e. The van der Waals surface area contributed by atoms with Gasteiger partial charge in [-0.25, -0.2) is 0 Å². The van der Waals surface area contributed by atoms with Crippen molar-refractivity contribution in [3.8, 4) is 0 Å². The predicted octanol–water partition coefficient (Wildman–Crippen LogP) is 1.58. The van der Waals surface area contributed by atoms with Crippen LogP contribution in [0, 0.1) is 0 Å². The quantitative estimate of drug-likeness (QED) is 0.576. The first-order valence-electron chi connectivity index (χ1n) is 9.43. The summed E-state index contributed by atoms with van der Waals surface area (Å²) in [6, 6.07) is 15.7. The molecule has 0 N–H and O–H groups in total. The van der Waals surface area contributed by atoms with Crippen LogP contribution in [0.15, 0.2) is 57.5 Å². The number of hydrogen-bond acceptors (Lipinski definition) is 6. The van der Waals surface area contributed by atoms with Crippen molar-refractivity contribution in [1.29, 1.82) is 0 Å². The molecule has 6 nitrogen and oxygen atoms in total. The highest BCUT2D eigenvalue weighted by Crippen LogP contribution is 2.54. The average molecular weight is 508 g/mol. The van der Waals surface area contributed by atoms with Gasteiger partial charge in [-0.1, -0.05) is 68.3 Å². The van der Waals surface area contributed by atoms with Crippen molar-refractivity contribution in [3.05, 3.63) is 57.5 Å². The lowest BCUT2D eigenvalue weighted by Crippen LogP contribution is -2.93. The normalized spacial score (nSPS) is 47.1. The van der Waals surface area contributed by atoms with Crippen LogP contribution in [0.5, 0.6) is 0 Å². The third-order valence-electron chi connectivity index (χ3n) is 6.47. The van der Waals surface area contributed by atoms with Crippen LogP contribution in [0.2, 0.25) is 0 Å². The summed E-state index contributed by atoms with van der Waals surface area (Å²) in [6.45, 7) is -4.09. The van der Waals surface area contributed by atoms with E-state index in [-0.39, 0.29) is 36.6 Å². The molecule has 6 heterocycles. The van der Waals surface area contributed by atoms with Gasteiger partial charge in [0, 0.05) is 8.95 Å². The molecule has 0 amide bonds. The molecule has 28 heavy (non-hydrogen) atoms. The van der Waals surface area contributed by atoms with E-state index in [1.165, 1.54) is 0 Å². The molecule has 1 aliphatic carbocycles. The Hall–Kier alpha value is -0.710. The lowest BCUT2D eigenvalue weighted by Gasteiger charge is -2.79. The van der Waals surface area contributed by atoms with Gasteiger partial charge < -0.3 is 27.9 Å². The van der Waals surface area contributed by atoms with Crippen molar-refractivity contribution in [3.63, 3.8) is 0 Å². The van der Waals surface area contributed by atoms with Crippen LogP contribution >= 0.6 is 31.9 Å². The van der Waals surface area contributed by atoms with E-state index in [0.29, 0.717) is 0 Å². The zero-order chi connectivity index (χ0) is 18.7. The minimum absolute atomic E-state index is 0.237. The van der Waals surface area contributed by atoms with Gasteiger partial charge in [0.05, 0.1) is 36.6 Å². The molecule has 6 saturated heterocycles. The van der Waals surface area contributed by atoms with Crippen molar-refractivity contribution in [2.45, 2.75) is 36.6 Å². The van der Waals surface area contributed by atoms with Crippen LogP contribution in [0.3, 0.4) is 0 Å². The molecular weight excluding hydrogens is 494 g/mol. The van der Waals surface area contributed by atoms with Crippen molar-refractivity contribution in [2.75, 3.05) is 0 Å². The Morgan fingerprint density at radius 1 is 0.536 bits per heavy atom. The molecule has 144 valence electrons. The molecule has 10 heteroatoms. The molecule has 0 aromatic heterocycles. The molecule has 6 aliphatic heterocycles. The Labute approximate surface area is 178 Å². The minimum atomic E-state index is -2.04. The first-order valence-corrected chi connectivity index (χ1v) is 11.0. The van der Waals surface area contributed by atoms with E-state index in [4.69, 9.17) is 27.9 Å². The van der Waals surface area contributed by atoms with Crippen molar-refractivity contribution in [1.82, 2.24) is 0 Å². The number of benzene rings is 2. The number of rotatable bonds is 2. The Bertz CT molecular complexity index is 863. The highest BCUT2D eigenvalue weighted by molar-refractivity contribution is 9.10. The van der Waals surface area contributed by atoms with E-state index in [0.717, 1.165) is 19.9 Å². The minimum Gasteiger partial charge on any atom is -0.534 e. The van der Waals surface area contributed by atoms with Crippen LogP contribution in [0.25, 0.3) is 0 Å². The largest absolute Gasteiger partial charge is 0.534 e. The van der Waals surface area contributed by atoms with Gasteiger partial charge in [-0.05, 0) is 12.1 Å². The first-order chi connectivity index (χ1) is 13.6. The fraction of sp³-hybridized carbons (Fsp3) is 0.333. The lowest BCUT2D eigenvalue weighted by molar-refractivity contribution is -0.350. The Kier molecular flexibility index (Phi) is 3.34. The highest BCUT2D eigenvalue weighted by atomic mass is 79.9. The Morgan fingerprint density at radius 2 is 0.857 bits per heavy atom. The Morgan fingerprint density at radius 3 is 1.14 bits per heavy atom. The van der Waals surface area contributed by atoms with Gasteiger partial charge in [-0.15, -0.1) is 10.9 Å². The van der Waals surface area contributed by atoms with Crippen LogP contribution in [-0.4, -0.2) is 50.1 Å². The summed E-state index contributed by atoms with van der Waals surface area (Å²) in [5.74, 6) is 0. The molecule has 8 bridgehead atoms. The zero-order valence-corrected chi connectivity index (χ0v) is 17.6. The van der Waals surface area contributed by atoms with Gasteiger partial charge in [-0.2, -0.15) is 0 Å². The molecule has 2 aromatic rings. The van der Waals surface area contributed by atoms with Gasteiger partial charge in [0.2, 0.25) is 0 Å². The van der Waals surface area contributed by atoms with Crippen molar-refractivity contribution in [2.24, 2.45) is 0 Å². The monoisotopic (exact) mass is 506 g/mol. The second-order valence-electron chi connectivity index (χ2n) is 8.00. The summed E-state index contributed by atoms with van der Waals surface area (Å²) in [5, 5.41) is 0. The molecule has 9 rings (SSSR count). The molecule has 0 atom stereocenters. The molecule has 7 aliphatic rings. The third-order valence-corrected chi connectivity index (χ3v) is 7.46. The molecule has 7 fully saturated rings. The van der Waals surface area contributed by atoms with E-state index in [1.807, 2.05) is 48.5 Å². The van der Waals surface area contributed by atoms with Gasteiger partial charge in [0.25, 0.3) is 0 Å². The second kappa shape index (κ2) is 5.50. The van der Waals surface area contributed by atoms with E-state index in [2.05, 4.69) is 31.9 Å². The summed E-state index contributed by atoms with van der Waals surface area (Å²) >= 11 is 7.03. The van der Waals surface area contributed by atoms with Gasteiger partial charge in [-0.3, -0.25) is 0 Å². The fourth-order valence-corrected chi connectivity index (χ4v) is 6.24. The van der Waals surface area contributed by atoms with E-state index in [1.54, 1.807) is 0 Å². The molecule has 0 spiro atoms. The predicted molar refractivity (Wildman–Crippen MR) is 108 cm³/mol. The summed E-state index contributed by atoms with van der Waals surface area (Å²) in [5.41, 5.74) is 1.74. The molecule has 2 aromatic carbocycles. The third kappa shape index (κ3) is 2.05. The maximum atomic E-state index is 6.38. The van der Waals surface area contributed by atoms with E-state index < -0.39 is 13.5 Å². The smallest absolute Gasteiger partial charge is 0.410 e. The van der Waals surface area contributed by atoms with Gasteiger partial charge >= 0.3 is 13.5 Å². The fourth-order valence-electron chi connectivity index (χ4n) is 5.41. The van der Waals surface area contributed by atoms with Crippen LogP contribution in [-0.2, 0) is 27.9 Å². The van der Waals surface area contributed by atoms with E-state index >= 15 is 0 Å². The second-order valence-corrected chi connectivity index (χ2v) is 9.83. The van der Waals surface area contributed by atoms with Gasteiger partial charge in [0.1, 0.15) is 0 Å². The lowest BCUT2D eigenvalue weighted by atomic mass is 9.56. The molecular formula is C18H14B2Br2O6-2. The summed E-state index contributed by atoms with van der Waals surface area (Å²) in [4.78, 5) is 0. The molecule has 0 unspecified atom stereocenters. The molecule has 1 saturated carbocycles. The van der Waals surface area contributed by atoms with Crippen LogP contribution < -0.4 is 10.9 Å². The van der Waals surface area contributed by atoms with Crippen molar-refractivity contribution < 1.29 is 27.9 Å². The topological polar surface area (TPSA) is 55.4 Å². The maximum absolute atomic E-state index is 6.38. The summed E-state index contributed by atoms with van der Waals surface area (Å²) < 4.78 is 40.2. The number of hydrogen-bond donors (Lipinski definition) is 0. The number of halogens is 2. The zero-order valence-electron chi connectivity index (χ0n) is 14.4.